The van der Waals surface area contributed by atoms with Crippen LogP contribution in [-0.4, -0.2) is 16.3 Å². The molecule has 1 heterocycles. The molecule has 70 valence electrons. The van der Waals surface area contributed by atoms with Gasteiger partial charge in [0.1, 0.15) is 5.38 Å². The molecule has 1 atom stereocenters. The van der Waals surface area contributed by atoms with E-state index in [-0.39, 0.29) is 5.91 Å². The lowest BCUT2D eigenvalue weighted by atomic mass is 10.4. The number of carbonyl (C=O) groups is 1. The molecule has 0 aliphatic carbocycles. The highest BCUT2D eigenvalue weighted by molar-refractivity contribution is 6.35. The number of nitrogens with zero attached hydrogens (tertiary/aromatic N) is 1. The van der Waals surface area contributed by atoms with Gasteiger partial charge in [0.15, 0.2) is 0 Å². The molecule has 0 saturated carbocycles. The third-order valence-electron chi connectivity index (χ3n) is 1.39. The van der Waals surface area contributed by atoms with Crippen molar-refractivity contribution in [1.82, 2.24) is 4.98 Å². The average molecular weight is 219 g/mol. The van der Waals surface area contributed by atoms with E-state index in [4.69, 9.17) is 23.2 Å². The van der Waals surface area contributed by atoms with Crippen LogP contribution in [0.15, 0.2) is 18.5 Å². The first-order valence-electron chi connectivity index (χ1n) is 3.65. The normalized spacial score (nSPS) is 12.2. The third kappa shape index (κ3) is 2.86. The number of pyridine rings is 1. The Kier molecular flexibility index (Phi) is 3.51. The standard InChI is InChI=1S/C8H8Cl2N2O/c1-5(9)8(13)12-7-4-11-3-2-6(7)10/h2-5H,1H3,(H,12,13). The lowest BCUT2D eigenvalue weighted by Gasteiger charge is -2.06. The summed E-state index contributed by atoms with van der Waals surface area (Å²) in [5, 5.41) is 2.40. The fourth-order valence-electron chi connectivity index (χ4n) is 0.702. The predicted octanol–water partition coefficient (Wildman–Crippen LogP) is 2.30. The van der Waals surface area contributed by atoms with Gasteiger partial charge in [0, 0.05) is 6.20 Å². The second-order valence-corrected chi connectivity index (χ2v) is 3.52. The first-order chi connectivity index (χ1) is 6.11. The molecule has 0 aliphatic heterocycles. The Morgan fingerprint density at radius 2 is 2.38 bits per heavy atom. The SMILES string of the molecule is CC(Cl)C(=O)Nc1cnccc1Cl. The quantitative estimate of drug-likeness (QED) is 0.775. The van der Waals surface area contributed by atoms with Crippen molar-refractivity contribution in [2.45, 2.75) is 12.3 Å². The molecule has 1 aromatic heterocycles. The maximum atomic E-state index is 11.1. The zero-order chi connectivity index (χ0) is 9.84. The summed E-state index contributed by atoms with van der Waals surface area (Å²) in [5.41, 5.74) is 0.474. The summed E-state index contributed by atoms with van der Waals surface area (Å²) in [4.78, 5) is 15.0. The van der Waals surface area contributed by atoms with Gasteiger partial charge in [-0.15, -0.1) is 11.6 Å². The number of hydrogen-bond acceptors (Lipinski definition) is 2. The Morgan fingerprint density at radius 1 is 1.69 bits per heavy atom. The van der Waals surface area contributed by atoms with E-state index in [0.717, 1.165) is 0 Å². The van der Waals surface area contributed by atoms with Crippen LogP contribution in [0.2, 0.25) is 5.02 Å². The predicted molar refractivity (Wildman–Crippen MR) is 53.2 cm³/mol. The molecule has 0 saturated heterocycles. The van der Waals surface area contributed by atoms with Crippen LogP contribution in [0.1, 0.15) is 6.92 Å². The van der Waals surface area contributed by atoms with Gasteiger partial charge in [0.2, 0.25) is 5.91 Å². The minimum absolute atomic E-state index is 0.295. The molecule has 1 rings (SSSR count). The molecular formula is C8H8Cl2N2O. The number of amides is 1. The van der Waals surface area contributed by atoms with Gasteiger partial charge in [-0.25, -0.2) is 0 Å². The molecule has 13 heavy (non-hydrogen) atoms. The monoisotopic (exact) mass is 218 g/mol. The highest BCUT2D eigenvalue weighted by atomic mass is 35.5. The molecule has 0 bridgehead atoms. The van der Waals surface area contributed by atoms with Crippen LogP contribution in [0.3, 0.4) is 0 Å². The number of alkyl halides is 1. The molecule has 1 aromatic rings. The number of aromatic nitrogens is 1. The zero-order valence-corrected chi connectivity index (χ0v) is 8.43. The van der Waals surface area contributed by atoms with E-state index in [1.165, 1.54) is 6.20 Å². The smallest absolute Gasteiger partial charge is 0.242 e. The van der Waals surface area contributed by atoms with E-state index < -0.39 is 5.38 Å². The second kappa shape index (κ2) is 4.44. The summed E-state index contributed by atoms with van der Waals surface area (Å²) >= 11 is 11.3. The number of hydrogen-bond donors (Lipinski definition) is 1. The summed E-state index contributed by atoms with van der Waals surface area (Å²) in [6.07, 6.45) is 3.02. The summed E-state index contributed by atoms with van der Waals surface area (Å²) in [5.74, 6) is -0.295. The lowest BCUT2D eigenvalue weighted by Crippen LogP contribution is -2.20. The van der Waals surface area contributed by atoms with Crippen LogP contribution < -0.4 is 5.32 Å². The van der Waals surface area contributed by atoms with Crippen molar-refractivity contribution in [1.29, 1.82) is 0 Å². The first-order valence-corrected chi connectivity index (χ1v) is 4.47. The summed E-state index contributed by atoms with van der Waals surface area (Å²) < 4.78 is 0. The lowest BCUT2D eigenvalue weighted by molar-refractivity contribution is -0.115. The highest BCUT2D eigenvalue weighted by Gasteiger charge is 2.10. The van der Waals surface area contributed by atoms with Crippen molar-refractivity contribution < 1.29 is 4.79 Å². The molecule has 0 spiro atoms. The van der Waals surface area contributed by atoms with Gasteiger partial charge in [-0.2, -0.15) is 0 Å². The van der Waals surface area contributed by atoms with Gasteiger partial charge in [0.05, 0.1) is 16.9 Å². The van der Waals surface area contributed by atoms with Crippen molar-refractivity contribution in [3.63, 3.8) is 0 Å². The third-order valence-corrected chi connectivity index (χ3v) is 1.91. The summed E-state index contributed by atoms with van der Waals surface area (Å²) in [6.45, 7) is 1.58. The van der Waals surface area contributed by atoms with E-state index >= 15 is 0 Å². The van der Waals surface area contributed by atoms with Crippen LogP contribution in [0.4, 0.5) is 5.69 Å². The Bertz CT molecular complexity index is 315. The zero-order valence-electron chi connectivity index (χ0n) is 6.92. The number of carbonyl (C=O) groups excluding carboxylic acids is 1. The molecule has 0 radical (unpaired) electrons. The van der Waals surface area contributed by atoms with Crippen LogP contribution >= 0.6 is 23.2 Å². The Hall–Kier alpha value is -0.800. The van der Waals surface area contributed by atoms with Crippen molar-refractivity contribution in [2.75, 3.05) is 5.32 Å². The van der Waals surface area contributed by atoms with Crippen LogP contribution in [0.5, 0.6) is 0 Å². The number of halogens is 2. The van der Waals surface area contributed by atoms with Crippen LogP contribution in [-0.2, 0) is 4.79 Å². The molecule has 0 fully saturated rings. The van der Waals surface area contributed by atoms with E-state index in [1.54, 1.807) is 19.2 Å². The Morgan fingerprint density at radius 3 is 2.92 bits per heavy atom. The maximum absolute atomic E-state index is 11.1. The average Bonchev–Trinajstić information content (AvgIpc) is 2.08. The highest BCUT2D eigenvalue weighted by Crippen LogP contribution is 2.19. The number of nitrogens with one attached hydrogen (secondary N) is 1. The number of anilines is 1. The Labute approximate surface area is 86.1 Å². The van der Waals surface area contributed by atoms with Gasteiger partial charge >= 0.3 is 0 Å². The van der Waals surface area contributed by atoms with Gasteiger partial charge in [-0.05, 0) is 13.0 Å². The Balaban J connectivity index is 2.75. The molecule has 3 nitrogen and oxygen atoms in total. The van der Waals surface area contributed by atoms with Crippen molar-refractivity contribution >= 4 is 34.8 Å². The van der Waals surface area contributed by atoms with Gasteiger partial charge in [-0.3, -0.25) is 9.78 Å². The largest absolute Gasteiger partial charge is 0.322 e. The van der Waals surface area contributed by atoms with E-state index in [1.807, 2.05) is 0 Å². The minimum Gasteiger partial charge on any atom is -0.322 e. The van der Waals surface area contributed by atoms with Crippen molar-refractivity contribution in [2.24, 2.45) is 0 Å². The van der Waals surface area contributed by atoms with E-state index in [0.29, 0.717) is 10.7 Å². The molecule has 0 aliphatic rings. The van der Waals surface area contributed by atoms with E-state index in [9.17, 15) is 4.79 Å². The van der Waals surface area contributed by atoms with E-state index in [2.05, 4.69) is 10.3 Å². The molecular weight excluding hydrogens is 211 g/mol. The topological polar surface area (TPSA) is 42.0 Å². The molecule has 0 aromatic carbocycles. The minimum atomic E-state index is -0.587. The molecule has 1 unspecified atom stereocenters. The molecule has 1 amide bonds. The summed E-state index contributed by atoms with van der Waals surface area (Å²) in [7, 11) is 0. The molecule has 1 N–H and O–H groups in total. The maximum Gasteiger partial charge on any atom is 0.242 e. The number of rotatable bonds is 2. The fraction of sp³-hybridized carbons (Fsp3) is 0.250. The van der Waals surface area contributed by atoms with Crippen LogP contribution in [0.25, 0.3) is 0 Å². The van der Waals surface area contributed by atoms with Gasteiger partial charge < -0.3 is 5.32 Å². The van der Waals surface area contributed by atoms with Gasteiger partial charge in [0.25, 0.3) is 0 Å². The van der Waals surface area contributed by atoms with Gasteiger partial charge in [-0.1, -0.05) is 11.6 Å². The first kappa shape index (κ1) is 10.3. The fourth-order valence-corrected chi connectivity index (χ4v) is 0.909. The summed E-state index contributed by atoms with van der Waals surface area (Å²) in [6, 6.07) is 1.59. The second-order valence-electron chi connectivity index (χ2n) is 2.46. The van der Waals surface area contributed by atoms with Crippen molar-refractivity contribution in [3.8, 4) is 0 Å². The molecule has 5 heteroatoms. The van der Waals surface area contributed by atoms with Crippen LogP contribution in [0, 0.1) is 0 Å². The van der Waals surface area contributed by atoms with Crippen molar-refractivity contribution in [3.05, 3.63) is 23.5 Å².